The molecule has 0 bridgehead atoms. The molecule has 598 valence electrons. The van der Waals surface area contributed by atoms with Crippen molar-refractivity contribution in [2.24, 2.45) is 0 Å². The van der Waals surface area contributed by atoms with Gasteiger partial charge in [-0.2, -0.15) is 0 Å². The van der Waals surface area contributed by atoms with Gasteiger partial charge in [0.05, 0.1) is 52.9 Å². The van der Waals surface area contributed by atoms with Gasteiger partial charge >= 0.3 is 95.0 Å². The largest absolute Gasteiger partial charge is 0.508 e. The number of hydrogen-bond donors (Lipinski definition) is 14. The Labute approximate surface area is 638 Å². The fourth-order valence-corrected chi connectivity index (χ4v) is 7.21. The molecule has 0 saturated heterocycles. The Morgan fingerprint density at radius 3 is 0.393 bits per heavy atom. The number of hydrogen-bond acceptors (Lipinski definition) is 30. The van der Waals surface area contributed by atoms with Crippen molar-refractivity contribution in [2.75, 3.05) is 95.4 Å². The van der Waals surface area contributed by atoms with Crippen LogP contribution >= 0.6 is 0 Å². The predicted molar refractivity (Wildman–Crippen MR) is 397 cm³/mol. The molecule has 14 N–H and O–H groups in total. The quantitative estimate of drug-likeness (QED) is 0.0297. The molecule has 0 aromatic heterocycles. The highest BCUT2D eigenvalue weighted by molar-refractivity contribution is 6.41. The van der Waals surface area contributed by atoms with Gasteiger partial charge in [0.25, 0.3) is 0 Å². The lowest BCUT2D eigenvalue weighted by molar-refractivity contribution is -0.152. The van der Waals surface area contributed by atoms with Crippen LogP contribution < -0.4 is 42.5 Å². The molecule has 112 heavy (non-hydrogen) atoms. The van der Waals surface area contributed by atoms with Crippen LogP contribution in [0.1, 0.15) is 55.4 Å². The van der Waals surface area contributed by atoms with Crippen LogP contribution in [-0.4, -0.2) is 179 Å². The van der Waals surface area contributed by atoms with Crippen LogP contribution in [0.2, 0.25) is 0 Å². The number of rotatable bonds is 16. The number of anilines is 8. The molecular formula is C74H82N8O30. The molecule has 8 amide bonds. The molecule has 0 aliphatic heterocycles. The monoisotopic (exact) mass is 1560 g/mol. The molecule has 38 nitrogen and oxygen atoms in total. The standard InChI is InChI=1S/4C14H16N2O6.3C6H6O2/c4*1-3-21-13(19)11(17)15-9-6-5-7-10(8-9)16-12(18)14(20)22-4-2;3*7-5-2-1-3-6(8)4-5/h4*5-8H,3-4H2,1-2H3,(H,15,17)(H,16,18);3*1-4,7-8H. The van der Waals surface area contributed by atoms with E-state index < -0.39 is 95.0 Å². The van der Waals surface area contributed by atoms with E-state index in [1.807, 2.05) is 0 Å². The Morgan fingerprint density at radius 1 is 0.196 bits per heavy atom. The molecule has 0 spiro atoms. The first-order valence-electron chi connectivity index (χ1n) is 33.0. The first-order chi connectivity index (χ1) is 53.3. The van der Waals surface area contributed by atoms with Gasteiger partial charge in [0.1, 0.15) is 34.5 Å². The average molecular weight is 1560 g/mol. The van der Waals surface area contributed by atoms with E-state index in [9.17, 15) is 76.7 Å². The van der Waals surface area contributed by atoms with Gasteiger partial charge in [-0.25, -0.2) is 38.4 Å². The van der Waals surface area contributed by atoms with Crippen molar-refractivity contribution >= 4 is 141 Å². The lowest BCUT2D eigenvalue weighted by atomic mass is 10.2. The Hall–Kier alpha value is -15.1. The lowest BCUT2D eigenvalue weighted by Crippen LogP contribution is -2.26. The second-order valence-electron chi connectivity index (χ2n) is 20.3. The van der Waals surface area contributed by atoms with Crippen molar-refractivity contribution < 1.29 is 145 Å². The second-order valence-corrected chi connectivity index (χ2v) is 20.3. The highest BCUT2D eigenvalue weighted by atomic mass is 16.6. The number of benzene rings is 7. The van der Waals surface area contributed by atoms with Gasteiger partial charge in [-0.3, -0.25) is 38.4 Å². The molecule has 0 unspecified atom stereocenters. The second kappa shape index (κ2) is 53.6. The Bertz CT molecular complexity index is 3600. The molecule has 0 atom stereocenters. The minimum absolute atomic E-state index is 0.0852. The molecule has 7 rings (SSSR count). The van der Waals surface area contributed by atoms with E-state index in [1.165, 1.54) is 152 Å². The van der Waals surface area contributed by atoms with Crippen LogP contribution in [0.25, 0.3) is 0 Å². The van der Waals surface area contributed by atoms with E-state index >= 15 is 0 Å². The normalized spacial score (nSPS) is 9.43. The van der Waals surface area contributed by atoms with E-state index in [4.69, 9.17) is 30.6 Å². The molecule has 0 saturated carbocycles. The SMILES string of the molecule is CCOC(=O)C(=O)Nc1cccc(NC(=O)C(=O)OCC)c1.CCOC(=O)C(=O)Nc1cccc(NC(=O)C(=O)OCC)c1.CCOC(=O)C(=O)Nc1cccc(NC(=O)C(=O)OCC)c1.CCOC(=O)C(=O)Nc1cccc(NC(=O)C(=O)OCC)c1.Oc1cccc(O)c1.Oc1cccc(O)c1.Oc1cccc(O)c1. The first kappa shape index (κ1) is 94.9. The van der Waals surface area contributed by atoms with Gasteiger partial charge in [0.15, 0.2) is 0 Å². The van der Waals surface area contributed by atoms with E-state index in [2.05, 4.69) is 80.4 Å². The number of esters is 8. The summed E-state index contributed by atoms with van der Waals surface area (Å²) in [5.74, 6) is -15.0. The number of carbonyl (C=O) groups is 16. The Kier molecular flexibility index (Phi) is 45.4. The van der Waals surface area contributed by atoms with Gasteiger partial charge < -0.3 is 111 Å². The zero-order valence-electron chi connectivity index (χ0n) is 61.3. The van der Waals surface area contributed by atoms with E-state index in [-0.39, 0.29) is 133 Å². The maximum absolute atomic E-state index is 11.5. The number of ether oxygens (including phenoxy) is 8. The molecule has 7 aromatic rings. The van der Waals surface area contributed by atoms with Crippen LogP contribution in [0.15, 0.2) is 170 Å². The summed E-state index contributed by atoms with van der Waals surface area (Å²) in [6.07, 6.45) is 0. The molecule has 0 aliphatic carbocycles. The minimum Gasteiger partial charge on any atom is -0.508 e. The average Bonchev–Trinajstić information content (AvgIpc) is 0.890. The summed E-state index contributed by atoms with van der Waals surface area (Å²) in [5, 5.41) is 70.4. The third-order valence-electron chi connectivity index (χ3n) is 11.7. The summed E-state index contributed by atoms with van der Waals surface area (Å²) in [4.78, 5) is 182. The molecule has 38 heteroatoms. The van der Waals surface area contributed by atoms with E-state index in [0.717, 1.165) is 0 Å². The van der Waals surface area contributed by atoms with E-state index in [1.54, 1.807) is 73.6 Å². The Morgan fingerprint density at radius 2 is 0.304 bits per heavy atom. The summed E-state index contributed by atoms with van der Waals surface area (Å²) in [7, 11) is 0. The fraction of sp³-hybridized carbons (Fsp3) is 0.216. The third-order valence-corrected chi connectivity index (χ3v) is 11.7. The van der Waals surface area contributed by atoms with Crippen LogP contribution in [0.4, 0.5) is 45.5 Å². The van der Waals surface area contributed by atoms with Crippen molar-refractivity contribution in [2.45, 2.75) is 55.4 Å². The number of amides is 8. The van der Waals surface area contributed by atoms with Crippen molar-refractivity contribution in [3.05, 3.63) is 170 Å². The number of carbonyl (C=O) groups excluding carboxylic acids is 16. The zero-order chi connectivity index (χ0) is 84.1. The van der Waals surface area contributed by atoms with Crippen molar-refractivity contribution in [1.82, 2.24) is 0 Å². The molecular weight excluding hydrogens is 1480 g/mol. The van der Waals surface area contributed by atoms with Crippen LogP contribution in [-0.2, 0) is 115 Å². The topological polar surface area (TPSA) is 565 Å². The first-order valence-corrected chi connectivity index (χ1v) is 33.0. The van der Waals surface area contributed by atoms with Crippen molar-refractivity contribution in [3.63, 3.8) is 0 Å². The maximum Gasteiger partial charge on any atom is 0.397 e. The summed E-state index contributed by atoms with van der Waals surface area (Å²) >= 11 is 0. The summed E-state index contributed by atoms with van der Waals surface area (Å²) in [6, 6.07) is 41.3. The summed E-state index contributed by atoms with van der Waals surface area (Å²) in [6.45, 7) is 13.3. The predicted octanol–water partition coefficient (Wildman–Crippen LogP) is 6.05. The molecule has 0 heterocycles. The van der Waals surface area contributed by atoms with Crippen LogP contribution in [0.3, 0.4) is 0 Å². The number of aromatic hydroxyl groups is 6. The number of phenols is 6. The van der Waals surface area contributed by atoms with Gasteiger partial charge in [0.2, 0.25) is 0 Å². The summed E-state index contributed by atoms with van der Waals surface area (Å²) < 4.78 is 36.4. The third kappa shape index (κ3) is 40.9. The van der Waals surface area contributed by atoms with Crippen molar-refractivity contribution in [3.8, 4) is 34.5 Å². The van der Waals surface area contributed by atoms with Gasteiger partial charge in [-0.1, -0.05) is 42.5 Å². The molecule has 0 aliphatic rings. The zero-order valence-corrected chi connectivity index (χ0v) is 61.3. The Balaban J connectivity index is 0.000000677. The maximum atomic E-state index is 11.5. The highest BCUT2D eigenvalue weighted by Crippen LogP contribution is 2.21. The van der Waals surface area contributed by atoms with E-state index in [0.29, 0.717) is 0 Å². The molecule has 0 fully saturated rings. The fourth-order valence-electron chi connectivity index (χ4n) is 7.21. The van der Waals surface area contributed by atoms with Crippen molar-refractivity contribution in [1.29, 1.82) is 0 Å². The van der Waals surface area contributed by atoms with Gasteiger partial charge in [0, 0.05) is 63.7 Å². The van der Waals surface area contributed by atoms with Gasteiger partial charge in [-0.15, -0.1) is 0 Å². The lowest BCUT2D eigenvalue weighted by Gasteiger charge is -2.08. The molecule has 7 aromatic carbocycles. The molecule has 0 radical (unpaired) electrons. The smallest absolute Gasteiger partial charge is 0.397 e. The van der Waals surface area contributed by atoms with Crippen LogP contribution in [0, 0.1) is 0 Å². The highest BCUT2D eigenvalue weighted by Gasteiger charge is 2.22. The minimum atomic E-state index is -1.01. The van der Waals surface area contributed by atoms with Crippen LogP contribution in [0.5, 0.6) is 34.5 Å². The summed E-state index contributed by atoms with van der Waals surface area (Å²) in [5.41, 5.74) is 2.11. The van der Waals surface area contributed by atoms with Gasteiger partial charge in [-0.05, 0) is 165 Å². The number of nitrogens with one attached hydrogen (secondary N) is 8. The number of phenolic OH excluding ortho intramolecular Hbond substituents is 6.